The van der Waals surface area contributed by atoms with Crippen LogP contribution in [-0.4, -0.2) is 43.5 Å². The molecule has 18 heavy (non-hydrogen) atoms. The Hall–Kier alpha value is -1.30. The van der Waals surface area contributed by atoms with E-state index < -0.39 is 0 Å². The van der Waals surface area contributed by atoms with Gasteiger partial charge in [-0.25, -0.2) is 10.4 Å². The zero-order valence-corrected chi connectivity index (χ0v) is 10.8. The minimum atomic E-state index is 0.164. The van der Waals surface area contributed by atoms with Gasteiger partial charge in [-0.15, -0.1) is 0 Å². The molecule has 0 saturated carbocycles. The van der Waals surface area contributed by atoms with Crippen molar-refractivity contribution in [1.82, 2.24) is 10.4 Å². The summed E-state index contributed by atoms with van der Waals surface area (Å²) in [7, 11) is 1.55. The molecule has 1 saturated heterocycles. The van der Waals surface area contributed by atoms with Crippen LogP contribution in [0.5, 0.6) is 11.5 Å². The topological polar surface area (TPSA) is 54.0 Å². The molecule has 1 fully saturated rings. The molecule has 1 aromatic rings. The smallest absolute Gasteiger partial charge is 0.160 e. The lowest BCUT2D eigenvalue weighted by Gasteiger charge is -2.30. The van der Waals surface area contributed by atoms with E-state index >= 15 is 0 Å². The molecule has 5 nitrogen and oxygen atoms in total. The van der Waals surface area contributed by atoms with Crippen molar-refractivity contribution in [3.63, 3.8) is 0 Å². The minimum absolute atomic E-state index is 0.164. The lowest BCUT2D eigenvalue weighted by atomic mass is 10.1. The molecule has 0 radical (unpaired) electrons. The molecule has 2 N–H and O–H groups in total. The van der Waals surface area contributed by atoms with Gasteiger partial charge in [0.05, 0.1) is 20.3 Å². The van der Waals surface area contributed by atoms with Crippen molar-refractivity contribution in [2.45, 2.75) is 13.0 Å². The first kappa shape index (κ1) is 13.1. The monoisotopic (exact) mass is 252 g/mol. The highest BCUT2D eigenvalue weighted by atomic mass is 16.5. The first-order valence-corrected chi connectivity index (χ1v) is 6.16. The summed E-state index contributed by atoms with van der Waals surface area (Å²) in [6.07, 6.45) is 0. The van der Waals surface area contributed by atoms with Gasteiger partial charge < -0.3 is 14.6 Å². The summed E-state index contributed by atoms with van der Waals surface area (Å²) in [5, 5.41) is 11.7. The van der Waals surface area contributed by atoms with Gasteiger partial charge in [0.25, 0.3) is 0 Å². The Labute approximate surface area is 107 Å². The van der Waals surface area contributed by atoms with Crippen molar-refractivity contribution in [3.8, 4) is 11.5 Å². The summed E-state index contributed by atoms with van der Waals surface area (Å²) in [5.41, 5.74) is 4.50. The Morgan fingerprint density at radius 2 is 2.11 bits per heavy atom. The molecular weight excluding hydrogens is 232 g/mol. The second kappa shape index (κ2) is 6.04. The summed E-state index contributed by atoms with van der Waals surface area (Å²) in [5.74, 6) is 0.669. The second-order valence-electron chi connectivity index (χ2n) is 4.38. The van der Waals surface area contributed by atoms with E-state index in [1.54, 1.807) is 13.2 Å². The summed E-state index contributed by atoms with van der Waals surface area (Å²) in [6, 6.07) is 5.58. The van der Waals surface area contributed by atoms with Crippen LogP contribution in [0.15, 0.2) is 18.2 Å². The van der Waals surface area contributed by atoms with E-state index in [0.717, 1.165) is 31.9 Å². The fourth-order valence-electron chi connectivity index (χ4n) is 2.00. The molecule has 1 aromatic carbocycles. The number of hydrogen-bond acceptors (Lipinski definition) is 5. The summed E-state index contributed by atoms with van der Waals surface area (Å²) >= 11 is 0. The molecule has 0 amide bonds. The SMILES string of the molecule is COc1cc(C(C)NN2CCOCC2)ccc1O. The number of nitrogens with zero attached hydrogens (tertiary/aromatic N) is 1. The second-order valence-corrected chi connectivity index (χ2v) is 4.38. The fraction of sp³-hybridized carbons (Fsp3) is 0.538. The standard InChI is InChI=1S/C13H20N2O3/c1-10(14-15-5-7-18-8-6-15)11-3-4-12(16)13(9-11)17-2/h3-4,9-10,14,16H,5-8H2,1-2H3. The first-order valence-electron chi connectivity index (χ1n) is 6.16. The molecule has 2 rings (SSSR count). The summed E-state index contributed by atoms with van der Waals surface area (Å²) in [6.45, 7) is 5.39. The predicted octanol–water partition coefficient (Wildman–Crippen LogP) is 1.30. The molecule has 1 unspecified atom stereocenters. The predicted molar refractivity (Wildman–Crippen MR) is 68.6 cm³/mol. The highest BCUT2D eigenvalue weighted by Crippen LogP contribution is 2.28. The normalized spacial score (nSPS) is 18.6. The lowest BCUT2D eigenvalue weighted by molar-refractivity contribution is 0.00483. The van der Waals surface area contributed by atoms with Crippen LogP contribution in [-0.2, 0) is 4.74 Å². The van der Waals surface area contributed by atoms with Crippen molar-refractivity contribution in [2.24, 2.45) is 0 Å². The minimum Gasteiger partial charge on any atom is -0.504 e. The largest absolute Gasteiger partial charge is 0.504 e. The van der Waals surface area contributed by atoms with Crippen LogP contribution in [0, 0.1) is 0 Å². The van der Waals surface area contributed by atoms with E-state index in [1.165, 1.54) is 0 Å². The van der Waals surface area contributed by atoms with Crippen LogP contribution >= 0.6 is 0 Å². The van der Waals surface area contributed by atoms with E-state index in [-0.39, 0.29) is 11.8 Å². The maximum Gasteiger partial charge on any atom is 0.160 e. The van der Waals surface area contributed by atoms with Crippen LogP contribution in [0.4, 0.5) is 0 Å². The summed E-state index contributed by atoms with van der Waals surface area (Å²) < 4.78 is 10.4. The molecule has 0 spiro atoms. The van der Waals surface area contributed by atoms with Gasteiger partial charge in [0, 0.05) is 19.1 Å². The van der Waals surface area contributed by atoms with E-state index in [1.807, 2.05) is 12.1 Å². The number of methoxy groups -OCH3 is 1. The molecule has 0 bridgehead atoms. The van der Waals surface area contributed by atoms with Crippen LogP contribution < -0.4 is 10.2 Å². The van der Waals surface area contributed by atoms with Crippen molar-refractivity contribution >= 4 is 0 Å². The molecule has 100 valence electrons. The van der Waals surface area contributed by atoms with Gasteiger partial charge >= 0.3 is 0 Å². The van der Waals surface area contributed by atoms with Crippen LogP contribution in [0.25, 0.3) is 0 Å². The third-order valence-corrected chi connectivity index (χ3v) is 3.09. The number of benzene rings is 1. The van der Waals surface area contributed by atoms with Gasteiger partial charge in [0.1, 0.15) is 0 Å². The highest BCUT2D eigenvalue weighted by Gasteiger charge is 2.15. The van der Waals surface area contributed by atoms with Gasteiger partial charge in [0.15, 0.2) is 11.5 Å². The molecule has 1 heterocycles. The van der Waals surface area contributed by atoms with Crippen molar-refractivity contribution in [2.75, 3.05) is 33.4 Å². The van der Waals surface area contributed by atoms with Crippen molar-refractivity contribution in [1.29, 1.82) is 0 Å². The van der Waals surface area contributed by atoms with Crippen molar-refractivity contribution in [3.05, 3.63) is 23.8 Å². The average molecular weight is 252 g/mol. The zero-order chi connectivity index (χ0) is 13.0. The van der Waals surface area contributed by atoms with Gasteiger partial charge in [-0.2, -0.15) is 0 Å². The number of phenols is 1. The zero-order valence-electron chi connectivity index (χ0n) is 10.8. The molecule has 1 aliphatic heterocycles. The number of rotatable bonds is 4. The molecule has 1 aliphatic rings. The average Bonchev–Trinajstić information content (AvgIpc) is 2.40. The van der Waals surface area contributed by atoms with E-state index in [0.29, 0.717) is 5.75 Å². The van der Waals surface area contributed by atoms with E-state index in [2.05, 4.69) is 17.4 Å². The molecule has 5 heteroatoms. The van der Waals surface area contributed by atoms with E-state index in [9.17, 15) is 5.11 Å². The maximum absolute atomic E-state index is 9.57. The number of hydrogen-bond donors (Lipinski definition) is 2. The molecular formula is C13H20N2O3. The Balaban J connectivity index is 2.01. The Morgan fingerprint density at radius 3 is 2.78 bits per heavy atom. The quantitative estimate of drug-likeness (QED) is 0.846. The van der Waals surface area contributed by atoms with Gasteiger partial charge in [-0.3, -0.25) is 0 Å². The van der Waals surface area contributed by atoms with Crippen LogP contribution in [0.2, 0.25) is 0 Å². The number of morpholine rings is 1. The van der Waals surface area contributed by atoms with Crippen LogP contribution in [0.3, 0.4) is 0 Å². The highest BCUT2D eigenvalue weighted by molar-refractivity contribution is 5.42. The van der Waals surface area contributed by atoms with Gasteiger partial charge in [-0.05, 0) is 24.6 Å². The lowest BCUT2D eigenvalue weighted by Crippen LogP contribution is -2.46. The maximum atomic E-state index is 9.57. The third kappa shape index (κ3) is 3.13. The summed E-state index contributed by atoms with van der Waals surface area (Å²) in [4.78, 5) is 0. The van der Waals surface area contributed by atoms with Gasteiger partial charge in [0.2, 0.25) is 0 Å². The number of aromatic hydroxyl groups is 1. The molecule has 0 aliphatic carbocycles. The number of ether oxygens (including phenoxy) is 2. The van der Waals surface area contributed by atoms with Crippen molar-refractivity contribution < 1.29 is 14.6 Å². The fourth-order valence-corrected chi connectivity index (χ4v) is 2.00. The molecule has 0 aromatic heterocycles. The Morgan fingerprint density at radius 1 is 1.39 bits per heavy atom. The van der Waals surface area contributed by atoms with Gasteiger partial charge in [-0.1, -0.05) is 6.07 Å². The number of phenolic OH excluding ortho intramolecular Hbond substituents is 1. The van der Waals surface area contributed by atoms with Crippen LogP contribution in [0.1, 0.15) is 18.5 Å². The first-order chi connectivity index (χ1) is 8.70. The number of nitrogens with one attached hydrogen (secondary N) is 1. The Bertz CT molecular complexity index is 392. The third-order valence-electron chi connectivity index (χ3n) is 3.09. The van der Waals surface area contributed by atoms with E-state index in [4.69, 9.17) is 9.47 Å². The molecule has 1 atom stereocenters. The Kier molecular flexibility index (Phi) is 4.41. The number of hydrazine groups is 1.